The van der Waals surface area contributed by atoms with Crippen molar-refractivity contribution in [3.8, 4) is 0 Å². The van der Waals surface area contributed by atoms with E-state index in [2.05, 4.69) is 79.9 Å². The Morgan fingerprint density at radius 3 is 1.24 bits per heavy atom. The molecular weight excluding hydrogens is 1070 g/mol. The van der Waals surface area contributed by atoms with Gasteiger partial charge in [0.2, 0.25) is 5.91 Å². The van der Waals surface area contributed by atoms with Gasteiger partial charge in [0.25, 0.3) is 0 Å². The van der Waals surface area contributed by atoms with E-state index in [0.717, 1.165) is 64.2 Å². The summed E-state index contributed by atoms with van der Waals surface area (Å²) in [5.74, 6) is -0.255. The van der Waals surface area contributed by atoms with Crippen molar-refractivity contribution in [3.63, 3.8) is 0 Å². The third-order valence-electron chi connectivity index (χ3n) is 16.6. The number of hydrogen-bond donors (Lipinski definition) is 9. The van der Waals surface area contributed by atoms with Crippen LogP contribution in [0.3, 0.4) is 0 Å². The number of nitrogens with one attached hydrogen (secondary N) is 1. The maximum atomic E-state index is 13.3. The molecule has 2 aliphatic rings. The highest BCUT2D eigenvalue weighted by Crippen LogP contribution is 2.30. The number of amides is 1. The molecule has 9 N–H and O–H groups in total. The lowest BCUT2D eigenvalue weighted by Crippen LogP contribution is -2.65. The van der Waals surface area contributed by atoms with Gasteiger partial charge in [-0.05, 0) is 83.5 Å². The van der Waals surface area contributed by atoms with E-state index in [1.807, 2.05) is 6.08 Å². The minimum absolute atomic E-state index is 0.255. The van der Waals surface area contributed by atoms with Crippen LogP contribution in [0.15, 0.2) is 72.9 Å². The Morgan fingerprint density at radius 2 is 0.788 bits per heavy atom. The SMILES string of the molecule is CCCCCCC/C=C\C/C=C\C/C=C\CCCCCCCCCCCCCCC(=O)NC(COC1OC(CO)C(OC2OC(CO)C(O)C(O)C2O)C(O)C1O)C(O)/C=C/CC/C=C/CC/C=C/CCCCCCCCCCCCCCCC. The lowest BCUT2D eigenvalue weighted by atomic mass is 9.97. The highest BCUT2D eigenvalue weighted by molar-refractivity contribution is 5.76. The molecule has 494 valence electrons. The predicted octanol–water partition coefficient (Wildman–Crippen LogP) is 13.8. The monoisotopic (exact) mass is 1200 g/mol. The number of rotatable bonds is 56. The quantitative estimate of drug-likeness (QED) is 0.0204. The van der Waals surface area contributed by atoms with Crippen LogP contribution < -0.4 is 5.32 Å². The van der Waals surface area contributed by atoms with Crippen LogP contribution in [0.2, 0.25) is 0 Å². The summed E-state index contributed by atoms with van der Waals surface area (Å²) in [4.78, 5) is 13.3. The lowest BCUT2D eigenvalue weighted by Gasteiger charge is -2.46. The number of unbranched alkanes of at least 4 members (excludes halogenated alkanes) is 33. The highest BCUT2D eigenvalue weighted by atomic mass is 16.7. The number of allylic oxidation sites excluding steroid dienone is 11. The second-order valence-corrected chi connectivity index (χ2v) is 24.3. The molecule has 2 fully saturated rings. The van der Waals surface area contributed by atoms with Gasteiger partial charge in [0.1, 0.15) is 48.8 Å². The maximum absolute atomic E-state index is 13.3. The fourth-order valence-corrected chi connectivity index (χ4v) is 11.0. The molecule has 14 nitrogen and oxygen atoms in total. The Bertz CT molecular complexity index is 1700. The zero-order chi connectivity index (χ0) is 61.6. The molecule has 12 unspecified atom stereocenters. The third-order valence-corrected chi connectivity index (χ3v) is 16.6. The Labute approximate surface area is 517 Å². The van der Waals surface area contributed by atoms with Crippen LogP contribution >= 0.6 is 0 Å². The zero-order valence-electron chi connectivity index (χ0n) is 53.6. The molecule has 2 saturated heterocycles. The van der Waals surface area contributed by atoms with Gasteiger partial charge in [-0.1, -0.05) is 260 Å². The Hall–Kier alpha value is -2.57. The van der Waals surface area contributed by atoms with Crippen molar-refractivity contribution in [2.45, 2.75) is 351 Å². The van der Waals surface area contributed by atoms with Crippen molar-refractivity contribution in [3.05, 3.63) is 72.9 Å². The topological polar surface area (TPSA) is 228 Å². The molecule has 2 aliphatic heterocycles. The van der Waals surface area contributed by atoms with Gasteiger partial charge in [0.05, 0.1) is 32.0 Å². The van der Waals surface area contributed by atoms with E-state index >= 15 is 0 Å². The van der Waals surface area contributed by atoms with E-state index < -0.39 is 86.8 Å². The third kappa shape index (κ3) is 39.9. The zero-order valence-corrected chi connectivity index (χ0v) is 53.6. The molecule has 0 bridgehead atoms. The van der Waals surface area contributed by atoms with Gasteiger partial charge in [-0.3, -0.25) is 4.79 Å². The van der Waals surface area contributed by atoms with Crippen LogP contribution in [-0.2, 0) is 23.7 Å². The summed E-state index contributed by atoms with van der Waals surface area (Å²) < 4.78 is 22.8. The highest BCUT2D eigenvalue weighted by Gasteiger charge is 2.51. The smallest absolute Gasteiger partial charge is 0.220 e. The first-order valence-corrected chi connectivity index (χ1v) is 34.7. The maximum Gasteiger partial charge on any atom is 0.220 e. The molecule has 1 amide bonds. The molecule has 0 aromatic rings. The average Bonchev–Trinajstić information content (AvgIpc) is 3.68. The van der Waals surface area contributed by atoms with Crippen LogP contribution in [0.25, 0.3) is 0 Å². The second-order valence-electron chi connectivity index (χ2n) is 24.3. The van der Waals surface area contributed by atoms with Gasteiger partial charge in [0.15, 0.2) is 12.6 Å². The summed E-state index contributed by atoms with van der Waals surface area (Å²) in [5, 5.41) is 87.4. The van der Waals surface area contributed by atoms with Crippen LogP contribution in [0.4, 0.5) is 0 Å². The predicted molar refractivity (Wildman–Crippen MR) is 346 cm³/mol. The first-order chi connectivity index (χ1) is 41.6. The van der Waals surface area contributed by atoms with E-state index in [0.29, 0.717) is 12.8 Å². The molecule has 12 atom stereocenters. The summed E-state index contributed by atoms with van der Waals surface area (Å²) in [6.45, 7) is 2.79. The fraction of sp³-hybridized carbons (Fsp3) is 0.817. The molecule has 14 heteroatoms. The molecule has 0 spiro atoms. The minimum Gasteiger partial charge on any atom is -0.394 e. The molecule has 0 aliphatic carbocycles. The summed E-state index contributed by atoms with van der Waals surface area (Å²) in [6, 6.07) is -0.944. The number of carbonyl (C=O) groups is 1. The molecule has 0 aromatic heterocycles. The van der Waals surface area contributed by atoms with Gasteiger partial charge < -0.3 is 65.1 Å². The molecular formula is C71H127NO13. The van der Waals surface area contributed by atoms with E-state index in [-0.39, 0.29) is 18.9 Å². The summed E-state index contributed by atoms with van der Waals surface area (Å²) in [5.41, 5.74) is 0. The summed E-state index contributed by atoms with van der Waals surface area (Å²) in [6.07, 6.45) is 58.1. The summed E-state index contributed by atoms with van der Waals surface area (Å²) >= 11 is 0. The van der Waals surface area contributed by atoms with Gasteiger partial charge in [-0.15, -0.1) is 0 Å². The molecule has 0 radical (unpaired) electrons. The Morgan fingerprint density at radius 1 is 0.424 bits per heavy atom. The lowest BCUT2D eigenvalue weighted by molar-refractivity contribution is -0.359. The van der Waals surface area contributed by atoms with E-state index in [1.165, 1.54) is 180 Å². The number of aliphatic hydroxyl groups is 8. The summed E-state index contributed by atoms with van der Waals surface area (Å²) in [7, 11) is 0. The van der Waals surface area contributed by atoms with Gasteiger partial charge in [-0.2, -0.15) is 0 Å². The van der Waals surface area contributed by atoms with Crippen molar-refractivity contribution in [1.82, 2.24) is 5.32 Å². The number of carbonyl (C=O) groups excluding carboxylic acids is 1. The number of hydrogen-bond acceptors (Lipinski definition) is 13. The van der Waals surface area contributed by atoms with Crippen LogP contribution in [-0.4, -0.2) is 140 Å². The van der Waals surface area contributed by atoms with Crippen molar-refractivity contribution < 1.29 is 64.6 Å². The fourth-order valence-electron chi connectivity index (χ4n) is 11.0. The van der Waals surface area contributed by atoms with Crippen LogP contribution in [0, 0.1) is 0 Å². The van der Waals surface area contributed by atoms with Crippen molar-refractivity contribution in [2.24, 2.45) is 0 Å². The molecule has 0 aromatic carbocycles. The van der Waals surface area contributed by atoms with Crippen LogP contribution in [0.5, 0.6) is 0 Å². The number of ether oxygens (including phenoxy) is 4. The Kier molecular flexibility index (Phi) is 51.3. The van der Waals surface area contributed by atoms with Gasteiger partial charge in [0, 0.05) is 6.42 Å². The first kappa shape index (κ1) is 78.5. The van der Waals surface area contributed by atoms with Crippen molar-refractivity contribution >= 4 is 5.91 Å². The standard InChI is InChI=1S/C71H127NO13/c1-3-5-7-9-11-13-15-17-19-21-23-25-27-29-30-31-33-35-37-39-41-43-45-47-49-51-53-55-63(76)72-59(58-82-70-68(81)66(79)69(62(57-74)84-70)85-71-67(80)65(78)64(77)61(56-73)83-71)60(75)54-52-50-48-46-44-42-40-38-36-34-32-28-26-24-22-20-18-16-14-12-10-8-6-4-2/h15,17,21,23,27,29,36,38,44,46,52,54,59-62,64-71,73-75,77-81H,3-14,16,18-20,22,24-26,28,30-35,37,39-43,45,47-51,53,55-58H2,1-2H3,(H,72,76)/b17-15-,23-21-,29-27-,38-36+,46-44+,54-52+. The normalized spacial score (nSPS) is 24.0. The largest absolute Gasteiger partial charge is 0.394 e. The molecule has 85 heavy (non-hydrogen) atoms. The van der Waals surface area contributed by atoms with Crippen molar-refractivity contribution in [2.75, 3.05) is 19.8 Å². The molecule has 2 rings (SSSR count). The molecule has 2 heterocycles. The minimum atomic E-state index is -1.80. The number of aliphatic hydroxyl groups excluding tert-OH is 8. The first-order valence-electron chi connectivity index (χ1n) is 34.7. The Balaban J connectivity index is 1.72. The van der Waals surface area contributed by atoms with E-state index in [1.54, 1.807) is 6.08 Å². The van der Waals surface area contributed by atoms with E-state index in [4.69, 9.17) is 18.9 Å². The second kappa shape index (κ2) is 55.5. The van der Waals surface area contributed by atoms with Crippen LogP contribution in [0.1, 0.15) is 277 Å². The van der Waals surface area contributed by atoms with E-state index in [9.17, 15) is 45.6 Å². The van der Waals surface area contributed by atoms with Crippen molar-refractivity contribution in [1.29, 1.82) is 0 Å². The average molecular weight is 1200 g/mol. The van der Waals surface area contributed by atoms with Gasteiger partial charge in [-0.25, -0.2) is 0 Å². The molecule has 0 saturated carbocycles. The van der Waals surface area contributed by atoms with Gasteiger partial charge >= 0.3 is 0 Å².